The number of nitrogens with zero attached hydrogens (tertiary/aromatic N) is 2. The molecule has 1 aliphatic carbocycles. The zero-order valence-corrected chi connectivity index (χ0v) is 15.7. The number of aromatic nitrogens is 1. The first-order valence-corrected chi connectivity index (χ1v) is 10.2. The van der Waals surface area contributed by atoms with Gasteiger partial charge in [0.1, 0.15) is 6.10 Å². The van der Waals surface area contributed by atoms with Crippen LogP contribution in [0.1, 0.15) is 31.2 Å². The molecule has 0 amide bonds. The molecule has 144 valence electrons. The third kappa shape index (κ3) is 4.81. The molecular formula is C18H21N3O5S. The minimum Gasteiger partial charge on any atom is -0.474 e. The fourth-order valence-corrected chi connectivity index (χ4v) is 4.73. The monoisotopic (exact) mass is 391 g/mol. The maximum absolute atomic E-state index is 12.7. The van der Waals surface area contributed by atoms with Crippen LogP contribution in [0.5, 0.6) is 5.88 Å². The third-order valence-corrected chi connectivity index (χ3v) is 6.26. The van der Waals surface area contributed by atoms with Crippen molar-refractivity contribution in [2.75, 3.05) is 0 Å². The number of nitrogens with one attached hydrogen (secondary N) is 1. The van der Waals surface area contributed by atoms with Crippen molar-refractivity contribution in [2.45, 2.75) is 49.6 Å². The summed E-state index contributed by atoms with van der Waals surface area (Å²) >= 11 is 0. The molecule has 0 atom stereocenters. The molecule has 2 aromatic rings. The number of hydrogen-bond donors (Lipinski definition) is 1. The summed E-state index contributed by atoms with van der Waals surface area (Å²) in [6.45, 7) is 1.62. The van der Waals surface area contributed by atoms with Gasteiger partial charge in [0.15, 0.2) is 0 Å². The highest BCUT2D eigenvalue weighted by molar-refractivity contribution is 7.89. The number of pyridine rings is 1. The number of benzene rings is 1. The van der Waals surface area contributed by atoms with E-state index in [0.717, 1.165) is 6.07 Å². The number of aryl methyl sites for hydroxylation is 1. The van der Waals surface area contributed by atoms with E-state index in [1.165, 1.54) is 12.1 Å². The predicted octanol–water partition coefficient (Wildman–Crippen LogP) is 2.97. The standard InChI is InChI=1S/C18H21N3O5S/c1-13-5-8-15(21(22)23)12-17(13)27(24,25)20-14-6-9-16(10-7-14)26-18-4-2-3-11-19-18/h2-5,8,11-12,14,16,20H,6-7,9-10H2,1H3. The van der Waals surface area contributed by atoms with Gasteiger partial charge in [0.05, 0.1) is 9.82 Å². The minimum atomic E-state index is -3.83. The van der Waals surface area contributed by atoms with Gasteiger partial charge in [0.2, 0.25) is 15.9 Å². The molecule has 9 heteroatoms. The SMILES string of the molecule is Cc1ccc([N+](=O)[O-])cc1S(=O)(=O)NC1CCC(Oc2ccccn2)CC1. The third-order valence-electron chi connectivity index (χ3n) is 4.59. The van der Waals surface area contributed by atoms with Gasteiger partial charge < -0.3 is 4.74 Å². The van der Waals surface area contributed by atoms with E-state index in [0.29, 0.717) is 37.1 Å². The van der Waals surface area contributed by atoms with Crippen molar-refractivity contribution in [3.63, 3.8) is 0 Å². The zero-order chi connectivity index (χ0) is 19.4. The molecule has 0 radical (unpaired) electrons. The molecule has 0 saturated heterocycles. The van der Waals surface area contributed by atoms with E-state index in [-0.39, 0.29) is 22.7 Å². The Kier molecular flexibility index (Phi) is 5.71. The first-order chi connectivity index (χ1) is 12.8. The van der Waals surface area contributed by atoms with Gasteiger partial charge in [-0.15, -0.1) is 0 Å². The van der Waals surface area contributed by atoms with Gasteiger partial charge >= 0.3 is 0 Å². The second-order valence-corrected chi connectivity index (χ2v) is 8.27. The quantitative estimate of drug-likeness (QED) is 0.598. The summed E-state index contributed by atoms with van der Waals surface area (Å²) in [5, 5.41) is 10.9. The maximum atomic E-state index is 12.7. The first kappa shape index (κ1) is 19.2. The molecular weight excluding hydrogens is 370 g/mol. The lowest BCUT2D eigenvalue weighted by molar-refractivity contribution is -0.385. The number of rotatable bonds is 6. The van der Waals surface area contributed by atoms with E-state index in [1.54, 1.807) is 19.2 Å². The van der Waals surface area contributed by atoms with Gasteiger partial charge in [-0.1, -0.05) is 12.1 Å². The molecule has 1 aromatic heterocycles. The molecule has 0 aliphatic heterocycles. The Balaban J connectivity index is 1.63. The molecule has 1 fully saturated rings. The van der Waals surface area contributed by atoms with Crippen molar-refractivity contribution >= 4 is 15.7 Å². The smallest absolute Gasteiger partial charge is 0.270 e. The number of hydrogen-bond acceptors (Lipinski definition) is 6. The van der Waals surface area contributed by atoms with E-state index in [4.69, 9.17) is 4.74 Å². The number of ether oxygens (including phenoxy) is 1. The Morgan fingerprint density at radius 2 is 1.93 bits per heavy atom. The number of non-ortho nitro benzene ring substituents is 1. The van der Waals surface area contributed by atoms with Crippen molar-refractivity contribution in [1.29, 1.82) is 0 Å². The van der Waals surface area contributed by atoms with E-state index >= 15 is 0 Å². The van der Waals surface area contributed by atoms with Crippen LogP contribution in [0.3, 0.4) is 0 Å². The maximum Gasteiger partial charge on any atom is 0.270 e. The van der Waals surface area contributed by atoms with Crippen LogP contribution in [0.15, 0.2) is 47.5 Å². The van der Waals surface area contributed by atoms with Crippen molar-refractivity contribution in [1.82, 2.24) is 9.71 Å². The molecule has 1 aliphatic rings. The summed E-state index contributed by atoms with van der Waals surface area (Å²) in [6, 6.07) is 9.08. The lowest BCUT2D eigenvalue weighted by atomic mass is 9.94. The molecule has 3 rings (SSSR count). The Bertz CT molecular complexity index is 910. The highest BCUT2D eigenvalue weighted by Crippen LogP contribution is 2.26. The molecule has 0 bridgehead atoms. The van der Waals surface area contributed by atoms with Crippen molar-refractivity contribution in [2.24, 2.45) is 0 Å². The van der Waals surface area contributed by atoms with Crippen LogP contribution in [0.2, 0.25) is 0 Å². The van der Waals surface area contributed by atoms with Crippen molar-refractivity contribution in [3.05, 3.63) is 58.3 Å². The summed E-state index contributed by atoms with van der Waals surface area (Å²) < 4.78 is 33.9. The highest BCUT2D eigenvalue weighted by Gasteiger charge is 2.28. The molecule has 27 heavy (non-hydrogen) atoms. The lowest BCUT2D eigenvalue weighted by Crippen LogP contribution is -2.39. The Morgan fingerprint density at radius 3 is 2.56 bits per heavy atom. The highest BCUT2D eigenvalue weighted by atomic mass is 32.2. The average Bonchev–Trinajstić information content (AvgIpc) is 2.64. The number of nitro groups is 1. The fraction of sp³-hybridized carbons (Fsp3) is 0.389. The van der Waals surface area contributed by atoms with Gasteiger partial charge in [0.25, 0.3) is 5.69 Å². The van der Waals surface area contributed by atoms with Crippen LogP contribution in [0.25, 0.3) is 0 Å². The largest absolute Gasteiger partial charge is 0.474 e. The van der Waals surface area contributed by atoms with Gasteiger partial charge in [0, 0.05) is 30.4 Å². The van der Waals surface area contributed by atoms with Crippen LogP contribution in [0, 0.1) is 17.0 Å². The van der Waals surface area contributed by atoms with Gasteiger partial charge in [-0.3, -0.25) is 10.1 Å². The molecule has 0 unspecified atom stereocenters. The zero-order valence-electron chi connectivity index (χ0n) is 14.9. The van der Waals surface area contributed by atoms with Crippen LogP contribution >= 0.6 is 0 Å². The molecule has 1 saturated carbocycles. The predicted molar refractivity (Wildman–Crippen MR) is 99.1 cm³/mol. The van der Waals surface area contributed by atoms with E-state index in [1.807, 2.05) is 12.1 Å². The Hall–Kier alpha value is -2.52. The van der Waals surface area contributed by atoms with Gasteiger partial charge in [-0.2, -0.15) is 0 Å². The van der Waals surface area contributed by atoms with E-state index < -0.39 is 14.9 Å². The average molecular weight is 391 g/mol. The second-order valence-electron chi connectivity index (χ2n) is 6.59. The van der Waals surface area contributed by atoms with Gasteiger partial charge in [-0.05, 0) is 44.2 Å². The summed E-state index contributed by atoms with van der Waals surface area (Å²) in [5.41, 5.74) is 0.230. The Labute approximate surface area is 157 Å². The van der Waals surface area contributed by atoms with Crippen LogP contribution < -0.4 is 9.46 Å². The molecule has 1 aromatic carbocycles. The topological polar surface area (TPSA) is 111 Å². The minimum absolute atomic E-state index is 0.000188. The van der Waals surface area contributed by atoms with E-state index in [2.05, 4.69) is 9.71 Å². The molecule has 1 heterocycles. The van der Waals surface area contributed by atoms with Crippen LogP contribution in [-0.4, -0.2) is 30.5 Å². The summed E-state index contributed by atoms with van der Waals surface area (Å²) in [7, 11) is -3.83. The first-order valence-electron chi connectivity index (χ1n) is 8.70. The van der Waals surface area contributed by atoms with Crippen molar-refractivity contribution in [3.8, 4) is 5.88 Å². The summed E-state index contributed by atoms with van der Waals surface area (Å²) in [5.74, 6) is 0.564. The molecule has 0 spiro atoms. The normalized spacial score (nSPS) is 20.2. The lowest BCUT2D eigenvalue weighted by Gasteiger charge is -2.29. The van der Waals surface area contributed by atoms with Gasteiger partial charge in [-0.25, -0.2) is 18.1 Å². The summed E-state index contributed by atoms with van der Waals surface area (Å²) in [4.78, 5) is 14.4. The molecule has 1 N–H and O–H groups in total. The summed E-state index contributed by atoms with van der Waals surface area (Å²) in [6.07, 6.45) is 4.33. The van der Waals surface area contributed by atoms with Crippen LogP contribution in [0.4, 0.5) is 5.69 Å². The number of sulfonamides is 1. The molecule has 8 nitrogen and oxygen atoms in total. The number of nitro benzene ring substituents is 1. The van der Waals surface area contributed by atoms with Crippen molar-refractivity contribution < 1.29 is 18.1 Å². The Morgan fingerprint density at radius 1 is 1.19 bits per heavy atom. The second kappa shape index (κ2) is 8.01. The fourth-order valence-electron chi connectivity index (χ4n) is 3.16. The van der Waals surface area contributed by atoms with Crippen LogP contribution in [-0.2, 0) is 10.0 Å². The van der Waals surface area contributed by atoms with E-state index in [9.17, 15) is 18.5 Å².